The minimum Gasteiger partial charge on any atom is -0.508 e. The smallest absolute Gasteiger partial charge is 0.129 e. The van der Waals surface area contributed by atoms with E-state index in [9.17, 15) is 5.11 Å². The Kier molecular flexibility index (Phi) is 4.71. The molecule has 0 aromatic heterocycles. The molecule has 0 spiro atoms. The maximum atomic E-state index is 9.26. The third kappa shape index (κ3) is 3.64. The molecule has 1 aromatic rings. The first-order chi connectivity index (χ1) is 7.27. The summed E-state index contributed by atoms with van der Waals surface area (Å²) in [5.41, 5.74) is 0.978. The molecule has 1 rings (SSSR count). The van der Waals surface area contributed by atoms with Gasteiger partial charge in [0.25, 0.3) is 0 Å². The number of aromatic hydroxyl groups is 1. The fraction of sp³-hybridized carbons (Fsp3) is 0.333. The number of phenols is 1. The Morgan fingerprint density at radius 3 is 2.93 bits per heavy atom. The van der Waals surface area contributed by atoms with E-state index in [-0.39, 0.29) is 5.75 Å². The monoisotopic (exact) mass is 207 g/mol. The van der Waals surface area contributed by atoms with Crippen LogP contribution in [0.2, 0.25) is 0 Å². The summed E-state index contributed by atoms with van der Waals surface area (Å²) in [6.45, 7) is 0.955. The van der Waals surface area contributed by atoms with E-state index in [2.05, 4.69) is 11.4 Å². The second kappa shape index (κ2) is 6.09. The zero-order valence-electron chi connectivity index (χ0n) is 9.16. The van der Waals surface area contributed by atoms with Gasteiger partial charge in [0.05, 0.1) is 7.11 Å². The third-order valence-electron chi connectivity index (χ3n) is 2.08. The second-order valence-corrected chi connectivity index (χ2v) is 3.22. The van der Waals surface area contributed by atoms with Crippen molar-refractivity contribution in [2.24, 2.45) is 0 Å². The van der Waals surface area contributed by atoms with Gasteiger partial charge in [0.15, 0.2) is 0 Å². The molecule has 0 heterocycles. The minimum atomic E-state index is 0.222. The topological polar surface area (TPSA) is 41.5 Å². The Balaban J connectivity index is 2.71. The van der Waals surface area contributed by atoms with Gasteiger partial charge in [-0.3, -0.25) is 0 Å². The predicted octanol–water partition coefficient (Wildman–Crippen LogP) is 2.02. The molecule has 0 amide bonds. The molecule has 0 saturated heterocycles. The lowest BCUT2D eigenvalue weighted by molar-refractivity contribution is 0.407. The molecule has 0 fully saturated rings. The van der Waals surface area contributed by atoms with E-state index in [1.807, 2.05) is 19.2 Å². The Morgan fingerprint density at radius 1 is 1.47 bits per heavy atom. The molecule has 0 atom stereocenters. The summed E-state index contributed by atoms with van der Waals surface area (Å²) in [6, 6.07) is 5.10. The standard InChI is InChI=1S/C12H17NO2/c1-13-8-4-3-5-10-6-7-11(14)9-12(10)15-2/h3,5-7,9,13-14H,4,8H2,1-2H3. The van der Waals surface area contributed by atoms with Crippen LogP contribution >= 0.6 is 0 Å². The molecule has 1 aromatic carbocycles. The number of nitrogens with one attached hydrogen (secondary N) is 1. The van der Waals surface area contributed by atoms with Crippen LogP contribution in [0.1, 0.15) is 12.0 Å². The van der Waals surface area contributed by atoms with Crippen molar-refractivity contribution >= 4 is 6.08 Å². The first-order valence-corrected chi connectivity index (χ1v) is 4.96. The lowest BCUT2D eigenvalue weighted by Gasteiger charge is -2.04. The zero-order chi connectivity index (χ0) is 11.1. The van der Waals surface area contributed by atoms with E-state index in [1.54, 1.807) is 19.2 Å². The molecule has 3 nitrogen and oxygen atoms in total. The summed E-state index contributed by atoms with van der Waals surface area (Å²) in [4.78, 5) is 0. The number of methoxy groups -OCH3 is 1. The number of hydrogen-bond acceptors (Lipinski definition) is 3. The van der Waals surface area contributed by atoms with E-state index >= 15 is 0 Å². The number of hydrogen-bond donors (Lipinski definition) is 2. The van der Waals surface area contributed by atoms with E-state index in [0.29, 0.717) is 5.75 Å². The number of ether oxygens (including phenoxy) is 1. The van der Waals surface area contributed by atoms with Gasteiger partial charge >= 0.3 is 0 Å². The van der Waals surface area contributed by atoms with Crippen molar-refractivity contribution in [2.45, 2.75) is 6.42 Å². The van der Waals surface area contributed by atoms with Crippen molar-refractivity contribution in [3.05, 3.63) is 29.8 Å². The van der Waals surface area contributed by atoms with Crippen molar-refractivity contribution in [1.82, 2.24) is 5.32 Å². The number of benzene rings is 1. The summed E-state index contributed by atoms with van der Waals surface area (Å²) >= 11 is 0. The largest absolute Gasteiger partial charge is 0.508 e. The highest BCUT2D eigenvalue weighted by molar-refractivity contribution is 5.58. The minimum absolute atomic E-state index is 0.222. The Morgan fingerprint density at radius 2 is 2.27 bits per heavy atom. The van der Waals surface area contributed by atoms with Crippen LogP contribution in [0.15, 0.2) is 24.3 Å². The summed E-state index contributed by atoms with van der Waals surface area (Å²) in [7, 11) is 3.52. The van der Waals surface area contributed by atoms with E-state index < -0.39 is 0 Å². The average molecular weight is 207 g/mol. The summed E-state index contributed by atoms with van der Waals surface area (Å²) in [5, 5.41) is 12.3. The summed E-state index contributed by atoms with van der Waals surface area (Å²) in [6.07, 6.45) is 5.04. The number of phenolic OH excluding ortho intramolecular Hbond substituents is 1. The molecule has 82 valence electrons. The molecular formula is C12H17NO2. The first kappa shape index (κ1) is 11.6. The molecule has 15 heavy (non-hydrogen) atoms. The van der Waals surface area contributed by atoms with Gasteiger partial charge in [0, 0.05) is 11.6 Å². The molecule has 0 bridgehead atoms. The average Bonchev–Trinajstić information content (AvgIpc) is 2.26. The molecule has 0 saturated carbocycles. The maximum Gasteiger partial charge on any atom is 0.129 e. The summed E-state index contributed by atoms with van der Waals surface area (Å²) < 4.78 is 5.16. The van der Waals surface area contributed by atoms with Crippen LogP contribution in [-0.4, -0.2) is 25.8 Å². The fourth-order valence-corrected chi connectivity index (χ4v) is 1.28. The normalized spacial score (nSPS) is 10.8. The van der Waals surface area contributed by atoms with Crippen molar-refractivity contribution in [3.8, 4) is 11.5 Å². The highest BCUT2D eigenvalue weighted by Crippen LogP contribution is 2.24. The third-order valence-corrected chi connectivity index (χ3v) is 2.08. The highest BCUT2D eigenvalue weighted by Gasteiger charge is 1.99. The zero-order valence-corrected chi connectivity index (χ0v) is 9.16. The molecule has 0 aliphatic rings. The number of rotatable bonds is 5. The fourth-order valence-electron chi connectivity index (χ4n) is 1.28. The van der Waals surface area contributed by atoms with Gasteiger partial charge in [-0.1, -0.05) is 12.2 Å². The van der Waals surface area contributed by atoms with Gasteiger partial charge < -0.3 is 15.2 Å². The van der Waals surface area contributed by atoms with Crippen LogP contribution in [0.4, 0.5) is 0 Å². The Bertz CT molecular complexity index is 334. The van der Waals surface area contributed by atoms with E-state index in [1.165, 1.54) is 0 Å². The molecule has 0 aliphatic carbocycles. The molecule has 2 N–H and O–H groups in total. The molecule has 0 aliphatic heterocycles. The van der Waals surface area contributed by atoms with Gasteiger partial charge in [-0.15, -0.1) is 0 Å². The van der Waals surface area contributed by atoms with Crippen molar-refractivity contribution in [2.75, 3.05) is 20.7 Å². The van der Waals surface area contributed by atoms with E-state index in [0.717, 1.165) is 18.5 Å². The maximum absolute atomic E-state index is 9.26. The Hall–Kier alpha value is -1.48. The van der Waals surface area contributed by atoms with E-state index in [4.69, 9.17) is 4.74 Å². The first-order valence-electron chi connectivity index (χ1n) is 4.96. The van der Waals surface area contributed by atoms with Crippen LogP contribution < -0.4 is 10.1 Å². The SMILES string of the molecule is CNCCC=Cc1ccc(O)cc1OC. The van der Waals surface area contributed by atoms with Gasteiger partial charge in [-0.05, 0) is 32.1 Å². The van der Waals surface area contributed by atoms with Crippen LogP contribution in [0, 0.1) is 0 Å². The summed E-state index contributed by atoms with van der Waals surface area (Å²) in [5.74, 6) is 0.912. The molecule has 3 heteroatoms. The van der Waals surface area contributed by atoms with Gasteiger partial charge in [0.1, 0.15) is 11.5 Å². The van der Waals surface area contributed by atoms with Gasteiger partial charge in [-0.25, -0.2) is 0 Å². The lowest BCUT2D eigenvalue weighted by atomic mass is 10.1. The van der Waals surface area contributed by atoms with Crippen molar-refractivity contribution < 1.29 is 9.84 Å². The molecule has 0 unspecified atom stereocenters. The highest BCUT2D eigenvalue weighted by atomic mass is 16.5. The van der Waals surface area contributed by atoms with Crippen LogP contribution in [0.25, 0.3) is 6.08 Å². The molecular weight excluding hydrogens is 190 g/mol. The predicted molar refractivity (Wildman–Crippen MR) is 62.2 cm³/mol. The van der Waals surface area contributed by atoms with Gasteiger partial charge in [-0.2, -0.15) is 0 Å². The van der Waals surface area contributed by atoms with Crippen LogP contribution in [-0.2, 0) is 0 Å². The quantitative estimate of drug-likeness (QED) is 0.726. The second-order valence-electron chi connectivity index (χ2n) is 3.22. The molecule has 0 radical (unpaired) electrons. The van der Waals surface area contributed by atoms with Gasteiger partial charge in [0.2, 0.25) is 0 Å². The lowest BCUT2D eigenvalue weighted by Crippen LogP contribution is -2.05. The van der Waals surface area contributed by atoms with Crippen LogP contribution in [0.3, 0.4) is 0 Å². The van der Waals surface area contributed by atoms with Crippen molar-refractivity contribution in [1.29, 1.82) is 0 Å². The Labute approximate surface area is 90.4 Å². The van der Waals surface area contributed by atoms with Crippen LogP contribution in [0.5, 0.6) is 11.5 Å². The van der Waals surface area contributed by atoms with Crippen molar-refractivity contribution in [3.63, 3.8) is 0 Å².